The maximum atomic E-state index is 9.71. The number of hydrogen-bond donors (Lipinski definition) is 1. The lowest BCUT2D eigenvalue weighted by Crippen LogP contribution is -2.03. The third-order valence-corrected chi connectivity index (χ3v) is 5.38. The highest BCUT2D eigenvalue weighted by Gasteiger charge is 2.11. The van der Waals surface area contributed by atoms with E-state index < -0.39 is 0 Å². The Morgan fingerprint density at radius 3 is 2.27 bits per heavy atom. The van der Waals surface area contributed by atoms with Crippen molar-refractivity contribution in [3.8, 4) is 0 Å². The number of aliphatic hydroxyl groups excluding tert-OH is 1. The fraction of sp³-hybridized carbons (Fsp3) is 0.600. The van der Waals surface area contributed by atoms with Gasteiger partial charge in [-0.3, -0.25) is 0 Å². The van der Waals surface area contributed by atoms with E-state index >= 15 is 0 Å². The highest BCUT2D eigenvalue weighted by molar-refractivity contribution is 5.14. The van der Waals surface area contributed by atoms with Gasteiger partial charge in [0.05, 0.1) is 6.61 Å². The molecule has 1 unspecified atom stereocenters. The van der Waals surface area contributed by atoms with Gasteiger partial charge < -0.3 is 5.11 Å². The van der Waals surface area contributed by atoms with Crippen molar-refractivity contribution in [1.82, 2.24) is 0 Å². The van der Waals surface area contributed by atoms with Crippen LogP contribution in [0.3, 0.4) is 0 Å². The predicted molar refractivity (Wildman–Crippen MR) is 116 cm³/mol. The molecule has 26 heavy (non-hydrogen) atoms. The highest BCUT2D eigenvalue weighted by atomic mass is 16.3. The van der Waals surface area contributed by atoms with Crippen molar-refractivity contribution in [2.45, 2.75) is 86.0 Å². The Balaban J connectivity index is 2.93. The molecule has 146 valence electrons. The van der Waals surface area contributed by atoms with Crippen LogP contribution in [0, 0.1) is 5.92 Å². The molecule has 0 heterocycles. The summed E-state index contributed by atoms with van der Waals surface area (Å²) in [6.45, 7) is 11.3. The first-order valence-corrected chi connectivity index (χ1v) is 10.3. The van der Waals surface area contributed by atoms with Crippen LogP contribution in [0.15, 0.2) is 58.2 Å². The number of allylic oxidation sites excluding steroid dienone is 9. The molecule has 0 radical (unpaired) electrons. The van der Waals surface area contributed by atoms with Gasteiger partial charge in [-0.15, -0.1) is 0 Å². The molecule has 0 aliphatic heterocycles. The molecule has 0 aromatic carbocycles. The molecule has 0 spiro atoms. The molecule has 0 saturated heterocycles. The SMILES string of the molecule is CC(C)=CCC=C(C)C1CC=C(CO)CCC=C(C)CCC=C(C)CC1. The Morgan fingerprint density at radius 2 is 1.62 bits per heavy atom. The molecule has 1 heteroatoms. The van der Waals surface area contributed by atoms with E-state index in [2.05, 4.69) is 65.0 Å². The van der Waals surface area contributed by atoms with Gasteiger partial charge in [-0.25, -0.2) is 0 Å². The second kappa shape index (κ2) is 12.9. The zero-order valence-corrected chi connectivity index (χ0v) is 17.8. The van der Waals surface area contributed by atoms with E-state index in [1.54, 1.807) is 0 Å². The normalized spacial score (nSPS) is 21.2. The standard InChI is InChI=1S/C25H40O/c1-20(2)9-6-13-23(5)25-17-15-22(4)11-7-10-21(3)12-8-14-24(19-26)16-18-25/h9,11-13,16,25-26H,6-8,10,14-15,17-19H2,1-5H3. The summed E-state index contributed by atoms with van der Waals surface area (Å²) in [7, 11) is 0. The Bertz CT molecular complexity index is 565. The molecule has 1 nitrogen and oxygen atoms in total. The largest absolute Gasteiger partial charge is 0.392 e. The first kappa shape index (κ1) is 22.7. The summed E-state index contributed by atoms with van der Waals surface area (Å²) in [5.41, 5.74) is 7.06. The maximum absolute atomic E-state index is 9.71. The van der Waals surface area contributed by atoms with Crippen LogP contribution in [0.25, 0.3) is 0 Å². The smallest absolute Gasteiger partial charge is 0.0641 e. The number of hydrogen-bond acceptors (Lipinski definition) is 1. The van der Waals surface area contributed by atoms with E-state index in [9.17, 15) is 5.11 Å². The topological polar surface area (TPSA) is 20.2 Å². The Morgan fingerprint density at radius 1 is 0.962 bits per heavy atom. The molecule has 0 amide bonds. The highest BCUT2D eigenvalue weighted by Crippen LogP contribution is 2.26. The molecule has 1 aliphatic rings. The first-order chi connectivity index (χ1) is 12.4. The third-order valence-electron chi connectivity index (χ3n) is 5.38. The lowest BCUT2D eigenvalue weighted by atomic mass is 9.88. The monoisotopic (exact) mass is 356 g/mol. The van der Waals surface area contributed by atoms with Crippen LogP contribution in [-0.4, -0.2) is 11.7 Å². The molecule has 1 atom stereocenters. The summed E-state index contributed by atoms with van der Waals surface area (Å²) in [4.78, 5) is 0. The summed E-state index contributed by atoms with van der Waals surface area (Å²) in [6, 6.07) is 0. The van der Waals surface area contributed by atoms with Gasteiger partial charge in [0.15, 0.2) is 0 Å². The minimum atomic E-state index is 0.194. The van der Waals surface area contributed by atoms with Gasteiger partial charge in [0, 0.05) is 0 Å². The molecular weight excluding hydrogens is 316 g/mol. The molecule has 0 fully saturated rings. The summed E-state index contributed by atoms with van der Waals surface area (Å²) in [5, 5.41) is 9.71. The zero-order chi connectivity index (χ0) is 19.4. The summed E-state index contributed by atoms with van der Waals surface area (Å²) in [5.74, 6) is 0.575. The van der Waals surface area contributed by atoms with E-state index in [0.29, 0.717) is 5.92 Å². The summed E-state index contributed by atoms with van der Waals surface area (Å²) < 4.78 is 0. The van der Waals surface area contributed by atoms with Crippen LogP contribution in [0.5, 0.6) is 0 Å². The van der Waals surface area contributed by atoms with Crippen LogP contribution in [0.1, 0.15) is 86.0 Å². The first-order valence-electron chi connectivity index (χ1n) is 10.3. The average Bonchev–Trinajstić information content (AvgIpc) is 2.59. The lowest BCUT2D eigenvalue weighted by molar-refractivity contribution is 0.325. The van der Waals surface area contributed by atoms with Crippen molar-refractivity contribution < 1.29 is 5.11 Å². The third kappa shape index (κ3) is 9.97. The minimum Gasteiger partial charge on any atom is -0.392 e. The van der Waals surface area contributed by atoms with Gasteiger partial charge in [0.2, 0.25) is 0 Å². The van der Waals surface area contributed by atoms with Gasteiger partial charge in [-0.2, -0.15) is 0 Å². The number of aliphatic hydroxyl groups is 1. The molecule has 1 rings (SSSR count). The van der Waals surface area contributed by atoms with Crippen molar-refractivity contribution in [2.24, 2.45) is 5.92 Å². The van der Waals surface area contributed by atoms with E-state index in [1.165, 1.54) is 40.7 Å². The van der Waals surface area contributed by atoms with Crippen LogP contribution < -0.4 is 0 Å². The van der Waals surface area contributed by atoms with Gasteiger partial charge in [-0.1, -0.05) is 52.7 Å². The molecular formula is C25H40O. The molecule has 0 saturated carbocycles. The predicted octanol–water partition coefficient (Wildman–Crippen LogP) is 7.46. The summed E-state index contributed by atoms with van der Waals surface area (Å²) in [6.07, 6.45) is 20.5. The van der Waals surface area contributed by atoms with Crippen molar-refractivity contribution in [2.75, 3.05) is 6.61 Å². The zero-order valence-electron chi connectivity index (χ0n) is 17.8. The second-order valence-electron chi connectivity index (χ2n) is 8.14. The summed E-state index contributed by atoms with van der Waals surface area (Å²) >= 11 is 0. The molecule has 1 N–H and O–H groups in total. The molecule has 0 aromatic heterocycles. The van der Waals surface area contributed by atoms with Gasteiger partial charge >= 0.3 is 0 Å². The molecule has 0 bridgehead atoms. The molecule has 1 aliphatic carbocycles. The van der Waals surface area contributed by atoms with Crippen LogP contribution >= 0.6 is 0 Å². The van der Waals surface area contributed by atoms with E-state index in [1.807, 2.05) is 0 Å². The fourth-order valence-corrected chi connectivity index (χ4v) is 3.39. The van der Waals surface area contributed by atoms with Crippen molar-refractivity contribution in [3.05, 3.63) is 58.2 Å². The van der Waals surface area contributed by atoms with Crippen LogP contribution in [-0.2, 0) is 0 Å². The van der Waals surface area contributed by atoms with E-state index in [-0.39, 0.29) is 6.61 Å². The maximum Gasteiger partial charge on any atom is 0.0641 e. The van der Waals surface area contributed by atoms with Gasteiger partial charge in [-0.05, 0) is 97.5 Å². The Hall–Kier alpha value is -1.34. The number of rotatable bonds is 4. The lowest BCUT2D eigenvalue weighted by Gasteiger charge is -2.18. The van der Waals surface area contributed by atoms with E-state index in [0.717, 1.165) is 38.5 Å². The van der Waals surface area contributed by atoms with Gasteiger partial charge in [0.25, 0.3) is 0 Å². The second-order valence-corrected chi connectivity index (χ2v) is 8.14. The van der Waals surface area contributed by atoms with Crippen LogP contribution in [0.4, 0.5) is 0 Å². The Kier molecular flexibility index (Phi) is 11.3. The van der Waals surface area contributed by atoms with Crippen LogP contribution in [0.2, 0.25) is 0 Å². The molecule has 0 aromatic rings. The quantitative estimate of drug-likeness (QED) is 0.518. The van der Waals surface area contributed by atoms with E-state index in [4.69, 9.17) is 0 Å². The average molecular weight is 357 g/mol. The fourth-order valence-electron chi connectivity index (χ4n) is 3.39. The van der Waals surface area contributed by atoms with Crippen molar-refractivity contribution in [3.63, 3.8) is 0 Å². The van der Waals surface area contributed by atoms with Crippen molar-refractivity contribution in [1.29, 1.82) is 0 Å². The minimum absolute atomic E-state index is 0.194. The Labute approximate surface area is 162 Å². The van der Waals surface area contributed by atoms with Crippen molar-refractivity contribution >= 4 is 0 Å². The van der Waals surface area contributed by atoms with Gasteiger partial charge in [0.1, 0.15) is 0 Å².